The Balaban J connectivity index is 2.15. The molecule has 0 saturated heterocycles. The average Bonchev–Trinajstić information content (AvgIpc) is 3.03. The lowest BCUT2D eigenvalue weighted by Crippen LogP contribution is -2.13. The lowest BCUT2D eigenvalue weighted by molar-refractivity contribution is -0.137. The molecule has 0 aliphatic heterocycles. The Hall–Kier alpha value is -2.30. The van der Waals surface area contributed by atoms with Crippen LogP contribution in [0.3, 0.4) is 0 Å². The lowest BCUT2D eigenvalue weighted by Gasteiger charge is -2.11. The number of primary sulfonamides is 1. The smallest absolute Gasteiger partial charge is 0.236 e. The molecule has 0 radical (unpaired) electrons. The van der Waals surface area contributed by atoms with E-state index >= 15 is 0 Å². The van der Waals surface area contributed by atoms with Crippen molar-refractivity contribution in [2.24, 2.45) is 5.14 Å². The van der Waals surface area contributed by atoms with Crippen LogP contribution in [0.15, 0.2) is 52.7 Å². The second-order valence-electron chi connectivity index (χ2n) is 5.27. The second-order valence-corrected chi connectivity index (χ2v) is 7.65. The number of sulfonamides is 1. The molecule has 0 aliphatic carbocycles. The quantitative estimate of drug-likeness (QED) is 0.665. The number of alkyl halides is 3. The normalized spacial score (nSPS) is 12.3. The van der Waals surface area contributed by atoms with Gasteiger partial charge in [0.1, 0.15) is 10.8 Å². The van der Waals surface area contributed by atoms with E-state index in [-0.39, 0.29) is 26.7 Å². The Morgan fingerprint density at radius 2 is 1.73 bits per heavy atom. The summed E-state index contributed by atoms with van der Waals surface area (Å²) in [5, 5.41) is 6.70. The van der Waals surface area contributed by atoms with E-state index in [2.05, 4.69) is 4.98 Å². The van der Waals surface area contributed by atoms with Crippen LogP contribution in [0.4, 0.5) is 17.6 Å². The summed E-state index contributed by atoms with van der Waals surface area (Å²) in [5.41, 5.74) is -1.31. The molecule has 2 aromatic carbocycles. The molecule has 136 valence electrons. The second kappa shape index (κ2) is 6.45. The van der Waals surface area contributed by atoms with Gasteiger partial charge in [0.15, 0.2) is 0 Å². The van der Waals surface area contributed by atoms with E-state index < -0.39 is 27.6 Å². The molecule has 3 rings (SSSR count). The van der Waals surface area contributed by atoms with Crippen LogP contribution >= 0.6 is 11.3 Å². The number of nitrogens with two attached hydrogens (primary N) is 1. The first-order valence-corrected chi connectivity index (χ1v) is 9.45. The molecule has 0 unspecified atom stereocenters. The Morgan fingerprint density at radius 1 is 1.04 bits per heavy atom. The molecule has 0 amide bonds. The Labute approximate surface area is 150 Å². The Bertz CT molecular complexity index is 1080. The van der Waals surface area contributed by atoms with Crippen LogP contribution in [0.25, 0.3) is 21.8 Å². The molecule has 1 aromatic heterocycles. The third-order valence-electron chi connectivity index (χ3n) is 3.49. The van der Waals surface area contributed by atoms with Gasteiger partial charge in [0.25, 0.3) is 0 Å². The fourth-order valence-corrected chi connectivity index (χ4v) is 4.05. The van der Waals surface area contributed by atoms with Gasteiger partial charge in [0.2, 0.25) is 10.0 Å². The molecule has 0 aliphatic rings. The van der Waals surface area contributed by atoms with Gasteiger partial charge < -0.3 is 0 Å². The van der Waals surface area contributed by atoms with E-state index in [1.165, 1.54) is 23.6 Å². The van der Waals surface area contributed by atoms with Crippen molar-refractivity contribution in [3.8, 4) is 21.8 Å². The SMILES string of the molecule is NS(=O)(=O)c1ccccc1-c1nc(-c2ccc(F)cc2C(F)(F)F)cs1. The zero-order valence-corrected chi connectivity index (χ0v) is 14.4. The fourth-order valence-electron chi connectivity index (χ4n) is 2.39. The third kappa shape index (κ3) is 3.62. The van der Waals surface area contributed by atoms with Gasteiger partial charge in [0.05, 0.1) is 16.2 Å². The number of aromatic nitrogens is 1. The van der Waals surface area contributed by atoms with E-state index in [1.54, 1.807) is 6.07 Å². The van der Waals surface area contributed by atoms with E-state index in [9.17, 15) is 26.0 Å². The van der Waals surface area contributed by atoms with Gasteiger partial charge in [0, 0.05) is 16.5 Å². The highest BCUT2D eigenvalue weighted by Crippen LogP contribution is 2.39. The maximum absolute atomic E-state index is 13.2. The number of benzene rings is 2. The molecule has 2 N–H and O–H groups in total. The molecule has 26 heavy (non-hydrogen) atoms. The first-order chi connectivity index (χ1) is 12.1. The summed E-state index contributed by atoms with van der Waals surface area (Å²) < 4.78 is 76.2. The van der Waals surface area contributed by atoms with Crippen LogP contribution in [-0.4, -0.2) is 13.4 Å². The molecule has 10 heteroatoms. The highest BCUT2D eigenvalue weighted by atomic mass is 32.2. The Morgan fingerprint density at radius 3 is 2.38 bits per heavy atom. The topological polar surface area (TPSA) is 73.1 Å². The van der Waals surface area contributed by atoms with Gasteiger partial charge >= 0.3 is 6.18 Å². The van der Waals surface area contributed by atoms with Crippen LogP contribution in [0.1, 0.15) is 5.56 Å². The molecular formula is C16H10F4N2O2S2. The largest absolute Gasteiger partial charge is 0.417 e. The molecule has 0 atom stereocenters. The van der Waals surface area contributed by atoms with E-state index in [4.69, 9.17) is 5.14 Å². The van der Waals surface area contributed by atoms with Crippen LogP contribution < -0.4 is 5.14 Å². The standard InChI is InChI=1S/C16H10F4N2O2S2/c17-9-5-6-10(12(7-9)16(18,19)20)13-8-25-15(22-13)11-3-1-2-4-14(11)26(21,23)24/h1-8H,(H2,21,23,24). The summed E-state index contributed by atoms with van der Waals surface area (Å²) in [6.07, 6.45) is -4.76. The van der Waals surface area contributed by atoms with Crippen LogP contribution in [-0.2, 0) is 16.2 Å². The molecule has 0 saturated carbocycles. The number of hydrogen-bond donors (Lipinski definition) is 1. The summed E-state index contributed by atoms with van der Waals surface area (Å²) in [6.45, 7) is 0. The monoisotopic (exact) mass is 402 g/mol. The van der Waals surface area contributed by atoms with Gasteiger partial charge in [-0.3, -0.25) is 0 Å². The maximum atomic E-state index is 13.2. The van der Waals surface area contributed by atoms with Crippen molar-refractivity contribution >= 4 is 21.4 Å². The van der Waals surface area contributed by atoms with E-state index in [0.29, 0.717) is 6.07 Å². The van der Waals surface area contributed by atoms with E-state index in [0.717, 1.165) is 23.5 Å². The predicted octanol–water partition coefficient (Wildman–Crippen LogP) is 4.28. The minimum absolute atomic E-state index is 0.0402. The van der Waals surface area contributed by atoms with Gasteiger partial charge in [-0.15, -0.1) is 11.3 Å². The van der Waals surface area contributed by atoms with Crippen molar-refractivity contribution < 1.29 is 26.0 Å². The zero-order chi connectivity index (χ0) is 19.1. The highest BCUT2D eigenvalue weighted by Gasteiger charge is 2.34. The van der Waals surface area contributed by atoms with Crippen molar-refractivity contribution in [1.82, 2.24) is 4.98 Å². The van der Waals surface area contributed by atoms with Crippen molar-refractivity contribution in [3.63, 3.8) is 0 Å². The number of hydrogen-bond acceptors (Lipinski definition) is 4. The first kappa shape index (κ1) is 18.5. The molecule has 4 nitrogen and oxygen atoms in total. The number of thiazole rings is 1. The van der Waals surface area contributed by atoms with Crippen molar-refractivity contribution in [3.05, 3.63) is 59.2 Å². The summed E-state index contributed by atoms with van der Waals surface area (Å²) >= 11 is 0.959. The van der Waals surface area contributed by atoms with Crippen LogP contribution in [0.5, 0.6) is 0 Å². The van der Waals surface area contributed by atoms with E-state index in [1.807, 2.05) is 0 Å². The molecule has 0 fully saturated rings. The van der Waals surface area contributed by atoms with Crippen LogP contribution in [0.2, 0.25) is 0 Å². The molecular weight excluding hydrogens is 392 g/mol. The third-order valence-corrected chi connectivity index (χ3v) is 5.34. The summed E-state index contributed by atoms with van der Waals surface area (Å²) in [4.78, 5) is 3.92. The zero-order valence-electron chi connectivity index (χ0n) is 12.8. The van der Waals surface area contributed by atoms with Gasteiger partial charge in [-0.05, 0) is 24.3 Å². The summed E-state index contributed by atoms with van der Waals surface area (Å²) in [6, 6.07) is 8.06. The lowest BCUT2D eigenvalue weighted by atomic mass is 10.0. The molecule has 0 spiro atoms. The molecule has 1 heterocycles. The van der Waals surface area contributed by atoms with Gasteiger partial charge in [-0.25, -0.2) is 22.9 Å². The maximum Gasteiger partial charge on any atom is 0.417 e. The highest BCUT2D eigenvalue weighted by molar-refractivity contribution is 7.89. The predicted molar refractivity (Wildman–Crippen MR) is 89.3 cm³/mol. The van der Waals surface area contributed by atoms with Crippen molar-refractivity contribution in [1.29, 1.82) is 0 Å². The number of nitrogens with zero attached hydrogens (tertiary/aromatic N) is 1. The van der Waals surface area contributed by atoms with Crippen LogP contribution in [0, 0.1) is 5.82 Å². The Kier molecular flexibility index (Phi) is 4.59. The van der Waals surface area contributed by atoms with Crippen molar-refractivity contribution in [2.75, 3.05) is 0 Å². The summed E-state index contributed by atoms with van der Waals surface area (Å²) in [5.74, 6) is -1.02. The number of rotatable bonds is 3. The van der Waals surface area contributed by atoms with Crippen molar-refractivity contribution in [2.45, 2.75) is 11.1 Å². The first-order valence-electron chi connectivity index (χ1n) is 7.02. The molecule has 3 aromatic rings. The van der Waals surface area contributed by atoms with Gasteiger partial charge in [-0.1, -0.05) is 18.2 Å². The van der Waals surface area contributed by atoms with Gasteiger partial charge in [-0.2, -0.15) is 13.2 Å². The average molecular weight is 402 g/mol. The fraction of sp³-hybridized carbons (Fsp3) is 0.0625. The minimum atomic E-state index is -4.76. The molecule has 0 bridgehead atoms. The number of halogens is 4. The minimum Gasteiger partial charge on any atom is -0.236 e. The summed E-state index contributed by atoms with van der Waals surface area (Å²) in [7, 11) is -4.04.